The highest BCUT2D eigenvalue weighted by atomic mass is 127. The van der Waals surface area contributed by atoms with Crippen molar-refractivity contribution in [1.29, 1.82) is 0 Å². The molecule has 0 aliphatic carbocycles. The average Bonchev–Trinajstić information content (AvgIpc) is 3.05. The van der Waals surface area contributed by atoms with Crippen molar-refractivity contribution in [3.8, 4) is 11.5 Å². The zero-order valence-corrected chi connectivity index (χ0v) is 20.9. The second-order valence-electron chi connectivity index (χ2n) is 7.08. The Morgan fingerprint density at radius 2 is 1.93 bits per heavy atom. The molecule has 8 heteroatoms. The third-order valence-corrected chi connectivity index (χ3v) is 4.45. The van der Waals surface area contributed by atoms with Gasteiger partial charge in [-0.3, -0.25) is 4.68 Å². The van der Waals surface area contributed by atoms with E-state index in [2.05, 4.69) is 42.3 Å². The van der Waals surface area contributed by atoms with Crippen molar-refractivity contribution in [3.63, 3.8) is 0 Å². The number of halogens is 1. The second-order valence-corrected chi connectivity index (χ2v) is 7.08. The number of benzene rings is 1. The van der Waals surface area contributed by atoms with Gasteiger partial charge in [0.05, 0.1) is 26.5 Å². The van der Waals surface area contributed by atoms with Crippen LogP contribution < -0.4 is 14.8 Å². The summed E-state index contributed by atoms with van der Waals surface area (Å²) in [6, 6.07) is 5.88. The van der Waals surface area contributed by atoms with E-state index < -0.39 is 0 Å². The predicted molar refractivity (Wildman–Crippen MR) is 129 cm³/mol. The Hall–Kier alpha value is -1.97. The van der Waals surface area contributed by atoms with Crippen LogP contribution in [0.4, 0.5) is 0 Å². The summed E-state index contributed by atoms with van der Waals surface area (Å²) >= 11 is 0. The van der Waals surface area contributed by atoms with Crippen molar-refractivity contribution in [1.82, 2.24) is 20.0 Å². The Morgan fingerprint density at radius 3 is 2.52 bits per heavy atom. The van der Waals surface area contributed by atoms with Gasteiger partial charge in [0.1, 0.15) is 0 Å². The number of hydrogen-bond acceptors (Lipinski definition) is 4. The zero-order chi connectivity index (χ0) is 20.7. The van der Waals surface area contributed by atoms with Crippen LogP contribution in [-0.2, 0) is 20.1 Å². The number of nitrogens with zero attached hydrogens (tertiary/aromatic N) is 4. The lowest BCUT2D eigenvalue weighted by molar-refractivity contribution is 0.354. The molecule has 1 aromatic heterocycles. The number of aryl methyl sites for hydroxylation is 1. The Bertz CT molecular complexity index is 804. The molecule has 2 aromatic rings. The zero-order valence-electron chi connectivity index (χ0n) is 18.5. The third-order valence-electron chi connectivity index (χ3n) is 4.45. The molecule has 162 valence electrons. The molecule has 0 unspecified atom stereocenters. The van der Waals surface area contributed by atoms with E-state index in [1.54, 1.807) is 14.2 Å². The lowest BCUT2D eigenvalue weighted by Crippen LogP contribution is -2.38. The van der Waals surface area contributed by atoms with Crippen LogP contribution >= 0.6 is 24.0 Å². The standard InChI is InChI=1S/C21H33N5O2.HI/c1-8-22-21(23-12-16-9-10-18(27-6)19(11-16)28-7)25(4)13-17-14-26(5)24-20(17)15(2)3;/h9-11,14-15H,8,12-13H2,1-7H3,(H,22,23);1H. The fraction of sp³-hybridized carbons (Fsp3) is 0.524. The fourth-order valence-electron chi connectivity index (χ4n) is 3.11. The first-order valence-electron chi connectivity index (χ1n) is 9.62. The molecule has 0 spiro atoms. The topological polar surface area (TPSA) is 63.9 Å². The minimum Gasteiger partial charge on any atom is -0.493 e. The minimum atomic E-state index is 0. The van der Waals surface area contributed by atoms with Gasteiger partial charge in [0.2, 0.25) is 0 Å². The number of nitrogens with one attached hydrogen (secondary N) is 1. The largest absolute Gasteiger partial charge is 0.493 e. The molecule has 0 fully saturated rings. The van der Waals surface area contributed by atoms with Gasteiger partial charge in [-0.15, -0.1) is 24.0 Å². The van der Waals surface area contributed by atoms with E-state index in [1.807, 2.05) is 37.0 Å². The highest BCUT2D eigenvalue weighted by Crippen LogP contribution is 2.27. The number of aliphatic imine (C=N–C) groups is 1. The molecule has 0 amide bonds. The molecule has 0 saturated heterocycles. The van der Waals surface area contributed by atoms with E-state index in [0.29, 0.717) is 18.2 Å². The Balaban J connectivity index is 0.00000420. The van der Waals surface area contributed by atoms with Crippen molar-refractivity contribution in [2.24, 2.45) is 12.0 Å². The summed E-state index contributed by atoms with van der Waals surface area (Å²) in [4.78, 5) is 6.93. The smallest absolute Gasteiger partial charge is 0.194 e. The van der Waals surface area contributed by atoms with Crippen LogP contribution in [0.2, 0.25) is 0 Å². The number of rotatable bonds is 8. The Morgan fingerprint density at radius 1 is 1.24 bits per heavy atom. The molecule has 0 radical (unpaired) electrons. The van der Waals surface area contributed by atoms with E-state index in [-0.39, 0.29) is 24.0 Å². The van der Waals surface area contributed by atoms with Crippen LogP contribution in [0.1, 0.15) is 43.5 Å². The fourth-order valence-corrected chi connectivity index (χ4v) is 3.11. The van der Waals surface area contributed by atoms with Crippen LogP contribution in [0.3, 0.4) is 0 Å². The van der Waals surface area contributed by atoms with Crippen molar-refractivity contribution in [2.75, 3.05) is 27.8 Å². The molecule has 7 nitrogen and oxygen atoms in total. The van der Waals surface area contributed by atoms with Crippen LogP contribution in [0.5, 0.6) is 11.5 Å². The first-order chi connectivity index (χ1) is 13.4. The molecular weight excluding hydrogens is 481 g/mol. The van der Waals surface area contributed by atoms with Gasteiger partial charge in [0, 0.05) is 38.9 Å². The molecule has 0 bridgehead atoms. The van der Waals surface area contributed by atoms with Gasteiger partial charge in [0.15, 0.2) is 17.5 Å². The van der Waals surface area contributed by atoms with Crippen molar-refractivity contribution in [2.45, 2.75) is 39.8 Å². The van der Waals surface area contributed by atoms with Crippen molar-refractivity contribution in [3.05, 3.63) is 41.2 Å². The normalized spacial score (nSPS) is 11.2. The molecule has 2 rings (SSSR count). The maximum atomic E-state index is 5.39. The molecule has 0 aliphatic rings. The van der Waals surface area contributed by atoms with Gasteiger partial charge in [0.25, 0.3) is 0 Å². The molecule has 1 heterocycles. The van der Waals surface area contributed by atoms with Crippen LogP contribution in [0.15, 0.2) is 29.4 Å². The SMILES string of the molecule is CCNC(=NCc1ccc(OC)c(OC)c1)N(C)Cc1cn(C)nc1C(C)C.I. The van der Waals surface area contributed by atoms with E-state index in [0.717, 1.165) is 36.1 Å². The minimum absolute atomic E-state index is 0. The van der Waals surface area contributed by atoms with Crippen LogP contribution in [0, 0.1) is 0 Å². The summed E-state index contributed by atoms with van der Waals surface area (Å²) in [7, 11) is 7.29. The number of aromatic nitrogens is 2. The third kappa shape index (κ3) is 6.80. The van der Waals surface area contributed by atoms with Gasteiger partial charge >= 0.3 is 0 Å². The summed E-state index contributed by atoms with van der Waals surface area (Å²) in [6.07, 6.45) is 2.09. The maximum absolute atomic E-state index is 5.39. The van der Waals surface area contributed by atoms with Crippen molar-refractivity contribution < 1.29 is 9.47 Å². The molecular formula is C21H34IN5O2. The lowest BCUT2D eigenvalue weighted by Gasteiger charge is -2.22. The molecule has 0 aliphatic heterocycles. The summed E-state index contributed by atoms with van der Waals surface area (Å²) in [5, 5.41) is 7.97. The number of hydrogen-bond donors (Lipinski definition) is 1. The van der Waals surface area contributed by atoms with Crippen LogP contribution in [-0.4, -0.2) is 48.5 Å². The predicted octanol–water partition coefficient (Wildman–Crippen LogP) is 3.78. The van der Waals surface area contributed by atoms with Gasteiger partial charge in [-0.2, -0.15) is 5.10 Å². The molecule has 1 N–H and O–H groups in total. The Kier molecular flexibility index (Phi) is 10.3. The van der Waals surface area contributed by atoms with Gasteiger partial charge < -0.3 is 19.7 Å². The van der Waals surface area contributed by atoms with Crippen LogP contribution in [0.25, 0.3) is 0 Å². The van der Waals surface area contributed by atoms with E-state index in [1.165, 1.54) is 5.56 Å². The first kappa shape index (κ1) is 25.1. The van der Waals surface area contributed by atoms with Gasteiger partial charge in [-0.05, 0) is 30.5 Å². The summed E-state index contributed by atoms with van der Waals surface area (Å²) in [5.74, 6) is 2.68. The molecule has 0 atom stereocenters. The highest BCUT2D eigenvalue weighted by molar-refractivity contribution is 14.0. The maximum Gasteiger partial charge on any atom is 0.194 e. The van der Waals surface area contributed by atoms with E-state index in [4.69, 9.17) is 14.5 Å². The second kappa shape index (κ2) is 11.9. The van der Waals surface area contributed by atoms with E-state index >= 15 is 0 Å². The van der Waals surface area contributed by atoms with Gasteiger partial charge in [-0.25, -0.2) is 4.99 Å². The summed E-state index contributed by atoms with van der Waals surface area (Å²) in [5.41, 5.74) is 3.41. The van der Waals surface area contributed by atoms with Crippen molar-refractivity contribution >= 4 is 29.9 Å². The average molecular weight is 515 g/mol. The summed E-state index contributed by atoms with van der Waals surface area (Å²) in [6.45, 7) is 8.52. The number of ether oxygens (including phenoxy) is 2. The summed E-state index contributed by atoms with van der Waals surface area (Å²) < 4.78 is 12.6. The number of methoxy groups -OCH3 is 2. The molecule has 1 aromatic carbocycles. The molecule has 29 heavy (non-hydrogen) atoms. The lowest BCUT2D eigenvalue weighted by atomic mass is 10.1. The van der Waals surface area contributed by atoms with Gasteiger partial charge in [-0.1, -0.05) is 19.9 Å². The molecule has 0 saturated carbocycles. The monoisotopic (exact) mass is 515 g/mol. The highest BCUT2D eigenvalue weighted by Gasteiger charge is 2.15. The Labute approximate surface area is 191 Å². The quantitative estimate of drug-likeness (QED) is 0.330. The number of guanidine groups is 1. The van der Waals surface area contributed by atoms with E-state index in [9.17, 15) is 0 Å². The first-order valence-corrected chi connectivity index (χ1v) is 9.62.